The molecule has 3 nitrogen and oxygen atoms in total. The normalized spacial score (nSPS) is 16.8. The van der Waals surface area contributed by atoms with E-state index in [0.29, 0.717) is 5.13 Å². The summed E-state index contributed by atoms with van der Waals surface area (Å²) in [6, 6.07) is 0.757. The number of nitrogens with two attached hydrogens (primary N) is 1. The lowest BCUT2D eigenvalue weighted by molar-refractivity contribution is 0.691. The fraction of sp³-hybridized carbons (Fsp3) is 0.625. The van der Waals surface area contributed by atoms with Gasteiger partial charge in [-0.1, -0.05) is 0 Å². The maximum Gasteiger partial charge on any atom is 0.180 e. The minimum absolute atomic E-state index is 0.681. The van der Waals surface area contributed by atoms with Crippen molar-refractivity contribution < 1.29 is 0 Å². The molecule has 1 aromatic rings. The van der Waals surface area contributed by atoms with Gasteiger partial charge < -0.3 is 11.1 Å². The Labute approximate surface area is 76.0 Å². The molecule has 0 unspecified atom stereocenters. The van der Waals surface area contributed by atoms with Crippen molar-refractivity contribution in [2.24, 2.45) is 0 Å². The highest BCUT2D eigenvalue weighted by molar-refractivity contribution is 7.15. The van der Waals surface area contributed by atoms with Gasteiger partial charge in [0.2, 0.25) is 0 Å². The highest BCUT2D eigenvalue weighted by Crippen LogP contribution is 2.23. The Morgan fingerprint density at radius 3 is 2.92 bits per heavy atom. The molecule has 0 aliphatic heterocycles. The zero-order valence-electron chi connectivity index (χ0n) is 7.13. The number of nitrogens with zero attached hydrogens (tertiary/aromatic N) is 1. The van der Waals surface area contributed by atoms with Crippen molar-refractivity contribution >= 4 is 16.5 Å². The van der Waals surface area contributed by atoms with Crippen LogP contribution in [0, 0.1) is 6.92 Å². The lowest BCUT2D eigenvalue weighted by Gasteiger charge is -1.98. The Balaban J connectivity index is 1.96. The molecule has 0 aromatic carbocycles. The van der Waals surface area contributed by atoms with Crippen molar-refractivity contribution in [2.75, 3.05) is 5.73 Å². The first-order chi connectivity index (χ1) is 5.75. The van der Waals surface area contributed by atoms with Gasteiger partial charge in [0.05, 0.1) is 5.69 Å². The van der Waals surface area contributed by atoms with E-state index < -0.39 is 0 Å². The van der Waals surface area contributed by atoms with Gasteiger partial charge >= 0.3 is 0 Å². The summed E-state index contributed by atoms with van der Waals surface area (Å²) in [5.74, 6) is 0. The molecule has 3 N–H and O–H groups in total. The summed E-state index contributed by atoms with van der Waals surface area (Å²) in [4.78, 5) is 5.44. The van der Waals surface area contributed by atoms with Gasteiger partial charge in [0.15, 0.2) is 5.13 Å². The van der Waals surface area contributed by atoms with Crippen LogP contribution in [0.15, 0.2) is 0 Å². The molecule has 1 aromatic heterocycles. The summed E-state index contributed by atoms with van der Waals surface area (Å²) < 4.78 is 0. The van der Waals surface area contributed by atoms with Crippen LogP contribution in [0.25, 0.3) is 0 Å². The summed E-state index contributed by atoms with van der Waals surface area (Å²) in [6.45, 7) is 2.95. The van der Waals surface area contributed by atoms with Crippen LogP contribution in [0.4, 0.5) is 5.13 Å². The van der Waals surface area contributed by atoms with Crippen molar-refractivity contribution in [2.45, 2.75) is 32.4 Å². The van der Waals surface area contributed by atoms with Crippen LogP contribution < -0.4 is 11.1 Å². The van der Waals surface area contributed by atoms with Crippen molar-refractivity contribution in [1.82, 2.24) is 10.3 Å². The molecule has 0 radical (unpaired) electrons. The molecule has 0 spiro atoms. The van der Waals surface area contributed by atoms with Crippen LogP contribution in [0.2, 0.25) is 0 Å². The Kier molecular flexibility index (Phi) is 2.02. The standard InChI is InChI=1S/C8H13N3S/c1-5-7(12-8(9)11-5)4-10-6-2-3-6/h6,10H,2-4H2,1H3,(H2,9,11). The van der Waals surface area contributed by atoms with E-state index in [1.165, 1.54) is 17.7 Å². The predicted molar refractivity (Wildman–Crippen MR) is 51.1 cm³/mol. The Morgan fingerprint density at radius 1 is 1.67 bits per heavy atom. The third-order valence-corrected chi connectivity index (χ3v) is 3.02. The minimum atomic E-state index is 0.681. The molecular formula is C8H13N3S. The second-order valence-corrected chi connectivity index (χ2v) is 4.33. The van der Waals surface area contributed by atoms with Crippen LogP contribution >= 0.6 is 11.3 Å². The Bertz CT molecular complexity index is 278. The smallest absolute Gasteiger partial charge is 0.180 e. The molecule has 0 amide bonds. The van der Waals surface area contributed by atoms with E-state index in [4.69, 9.17) is 5.73 Å². The number of hydrogen-bond acceptors (Lipinski definition) is 4. The SMILES string of the molecule is Cc1nc(N)sc1CNC1CC1. The van der Waals surface area contributed by atoms with Crippen LogP contribution in [0.3, 0.4) is 0 Å². The summed E-state index contributed by atoms with van der Waals surface area (Å²) in [5, 5.41) is 4.12. The van der Waals surface area contributed by atoms with Gasteiger partial charge in [-0.2, -0.15) is 0 Å². The number of aromatic nitrogens is 1. The first-order valence-electron chi connectivity index (χ1n) is 4.21. The van der Waals surface area contributed by atoms with Crippen LogP contribution in [-0.4, -0.2) is 11.0 Å². The van der Waals surface area contributed by atoms with Crippen LogP contribution in [0.5, 0.6) is 0 Å². The maximum atomic E-state index is 5.58. The molecule has 0 atom stereocenters. The third kappa shape index (κ3) is 1.76. The van der Waals surface area contributed by atoms with Gasteiger partial charge in [-0.25, -0.2) is 4.98 Å². The zero-order valence-corrected chi connectivity index (χ0v) is 7.95. The molecule has 66 valence electrons. The van der Waals surface area contributed by atoms with Crippen molar-refractivity contribution in [1.29, 1.82) is 0 Å². The summed E-state index contributed by atoms with van der Waals surface area (Å²) in [5.41, 5.74) is 6.66. The molecule has 12 heavy (non-hydrogen) atoms. The largest absolute Gasteiger partial charge is 0.375 e. The fourth-order valence-corrected chi connectivity index (χ4v) is 1.92. The topological polar surface area (TPSA) is 50.9 Å². The van der Waals surface area contributed by atoms with Crippen LogP contribution in [-0.2, 0) is 6.54 Å². The van der Waals surface area contributed by atoms with E-state index in [2.05, 4.69) is 10.3 Å². The molecule has 1 saturated carbocycles. The number of rotatable bonds is 3. The summed E-state index contributed by atoms with van der Waals surface area (Å²) >= 11 is 1.59. The molecule has 2 rings (SSSR count). The average molecular weight is 183 g/mol. The van der Waals surface area contributed by atoms with Crippen molar-refractivity contribution in [3.05, 3.63) is 10.6 Å². The monoisotopic (exact) mass is 183 g/mol. The van der Waals surface area contributed by atoms with Crippen molar-refractivity contribution in [3.8, 4) is 0 Å². The fourth-order valence-electron chi connectivity index (χ4n) is 1.14. The highest BCUT2D eigenvalue weighted by atomic mass is 32.1. The number of nitrogens with one attached hydrogen (secondary N) is 1. The van der Waals surface area contributed by atoms with Gasteiger partial charge in [-0.15, -0.1) is 11.3 Å². The second-order valence-electron chi connectivity index (χ2n) is 3.22. The molecule has 4 heteroatoms. The van der Waals surface area contributed by atoms with E-state index in [1.54, 1.807) is 11.3 Å². The van der Waals surface area contributed by atoms with Crippen LogP contribution in [0.1, 0.15) is 23.4 Å². The summed E-state index contributed by atoms with van der Waals surface area (Å²) in [7, 11) is 0. The first kappa shape index (κ1) is 8.01. The molecular weight excluding hydrogens is 170 g/mol. The summed E-state index contributed by atoms with van der Waals surface area (Å²) in [6.07, 6.45) is 2.65. The third-order valence-electron chi connectivity index (χ3n) is 2.04. The quantitative estimate of drug-likeness (QED) is 0.742. The number of anilines is 1. The van der Waals surface area contributed by atoms with E-state index in [9.17, 15) is 0 Å². The lowest BCUT2D eigenvalue weighted by atomic mass is 10.4. The van der Waals surface area contributed by atoms with E-state index in [0.717, 1.165) is 18.3 Å². The number of nitrogen functional groups attached to an aromatic ring is 1. The second kappa shape index (κ2) is 3.03. The van der Waals surface area contributed by atoms with Crippen molar-refractivity contribution in [3.63, 3.8) is 0 Å². The number of aryl methyl sites for hydroxylation is 1. The molecule has 1 fully saturated rings. The van der Waals surface area contributed by atoms with Gasteiger partial charge in [-0.3, -0.25) is 0 Å². The number of hydrogen-bond donors (Lipinski definition) is 2. The molecule has 0 saturated heterocycles. The zero-order chi connectivity index (χ0) is 8.55. The molecule has 1 aliphatic carbocycles. The van der Waals surface area contributed by atoms with Gasteiger partial charge in [0.1, 0.15) is 0 Å². The Morgan fingerprint density at radius 2 is 2.42 bits per heavy atom. The predicted octanol–water partition coefficient (Wildman–Crippen LogP) is 1.29. The minimum Gasteiger partial charge on any atom is -0.375 e. The van der Waals surface area contributed by atoms with E-state index >= 15 is 0 Å². The maximum absolute atomic E-state index is 5.58. The average Bonchev–Trinajstić information content (AvgIpc) is 2.76. The van der Waals surface area contributed by atoms with Gasteiger partial charge in [0.25, 0.3) is 0 Å². The molecule has 0 bridgehead atoms. The molecule has 1 aliphatic rings. The lowest BCUT2D eigenvalue weighted by Crippen LogP contribution is -2.14. The Hall–Kier alpha value is -0.610. The van der Waals surface area contributed by atoms with Gasteiger partial charge in [-0.05, 0) is 19.8 Å². The van der Waals surface area contributed by atoms with E-state index in [-0.39, 0.29) is 0 Å². The number of thiazole rings is 1. The first-order valence-corrected chi connectivity index (χ1v) is 5.02. The highest BCUT2D eigenvalue weighted by Gasteiger charge is 2.20. The molecule has 1 heterocycles. The van der Waals surface area contributed by atoms with Gasteiger partial charge in [0, 0.05) is 17.5 Å². The van der Waals surface area contributed by atoms with E-state index in [1.807, 2.05) is 6.92 Å².